The molecule has 0 bridgehead atoms. The zero-order valence-electron chi connectivity index (χ0n) is 13.3. The first-order valence-corrected chi connectivity index (χ1v) is 7.67. The Kier molecular flexibility index (Phi) is 5.36. The van der Waals surface area contributed by atoms with Crippen molar-refractivity contribution in [1.29, 1.82) is 0 Å². The smallest absolute Gasteiger partial charge is 0.326 e. The summed E-state index contributed by atoms with van der Waals surface area (Å²) in [5.41, 5.74) is 0.971. The summed E-state index contributed by atoms with van der Waals surface area (Å²) in [4.78, 5) is 36.2. The van der Waals surface area contributed by atoms with Gasteiger partial charge in [-0.25, -0.2) is 4.79 Å². The number of nitrogens with one attached hydrogen (secondary N) is 1. The number of amides is 2. The standard InChI is InChI=1S/C15H21N3O5/c1-9(15(21)22)18(8-7-16-10(2)19)14(20)13-11-5-3-4-6-12(11)23-17-13/h9H,3-8H2,1-2H3,(H,16,19)(H,21,22). The van der Waals surface area contributed by atoms with E-state index in [0.717, 1.165) is 24.8 Å². The molecule has 1 heterocycles. The van der Waals surface area contributed by atoms with E-state index in [9.17, 15) is 19.5 Å². The molecular weight excluding hydrogens is 302 g/mol. The maximum atomic E-state index is 12.7. The van der Waals surface area contributed by atoms with Crippen LogP contribution in [0.1, 0.15) is 48.5 Å². The third kappa shape index (κ3) is 3.88. The van der Waals surface area contributed by atoms with Crippen molar-refractivity contribution in [2.45, 2.75) is 45.6 Å². The van der Waals surface area contributed by atoms with E-state index in [1.165, 1.54) is 18.7 Å². The molecule has 0 saturated heterocycles. The second kappa shape index (κ2) is 7.26. The third-order valence-corrected chi connectivity index (χ3v) is 3.97. The average molecular weight is 323 g/mol. The summed E-state index contributed by atoms with van der Waals surface area (Å²) in [5, 5.41) is 15.6. The summed E-state index contributed by atoms with van der Waals surface area (Å²) in [7, 11) is 0. The maximum Gasteiger partial charge on any atom is 0.326 e. The molecule has 8 nitrogen and oxygen atoms in total. The number of carboxylic acid groups (broad SMARTS) is 1. The van der Waals surface area contributed by atoms with Gasteiger partial charge < -0.3 is 19.8 Å². The van der Waals surface area contributed by atoms with E-state index in [0.29, 0.717) is 12.2 Å². The van der Waals surface area contributed by atoms with E-state index in [2.05, 4.69) is 10.5 Å². The van der Waals surface area contributed by atoms with Gasteiger partial charge in [0, 0.05) is 32.0 Å². The first-order chi connectivity index (χ1) is 10.9. The highest BCUT2D eigenvalue weighted by atomic mass is 16.5. The van der Waals surface area contributed by atoms with Gasteiger partial charge in [-0.15, -0.1) is 0 Å². The number of carbonyl (C=O) groups excluding carboxylic acids is 2. The molecule has 1 aliphatic carbocycles. The molecule has 126 valence electrons. The average Bonchev–Trinajstić information content (AvgIpc) is 2.94. The molecule has 2 rings (SSSR count). The predicted molar refractivity (Wildman–Crippen MR) is 80.0 cm³/mol. The second-order valence-corrected chi connectivity index (χ2v) is 5.64. The number of hydrogen-bond acceptors (Lipinski definition) is 5. The Morgan fingerprint density at radius 3 is 2.70 bits per heavy atom. The molecule has 8 heteroatoms. The molecule has 1 aromatic rings. The van der Waals surface area contributed by atoms with E-state index >= 15 is 0 Å². The van der Waals surface area contributed by atoms with Crippen LogP contribution in [0.4, 0.5) is 0 Å². The van der Waals surface area contributed by atoms with Crippen LogP contribution in [-0.2, 0) is 22.4 Å². The van der Waals surface area contributed by atoms with Crippen LogP contribution < -0.4 is 5.32 Å². The fourth-order valence-electron chi connectivity index (χ4n) is 2.65. The monoisotopic (exact) mass is 323 g/mol. The molecule has 23 heavy (non-hydrogen) atoms. The molecule has 1 aliphatic rings. The van der Waals surface area contributed by atoms with Gasteiger partial charge in [0.05, 0.1) is 0 Å². The Hall–Kier alpha value is -2.38. The van der Waals surface area contributed by atoms with E-state index in [4.69, 9.17) is 4.52 Å². The first kappa shape index (κ1) is 17.0. The third-order valence-electron chi connectivity index (χ3n) is 3.97. The summed E-state index contributed by atoms with van der Waals surface area (Å²) >= 11 is 0. The lowest BCUT2D eigenvalue weighted by Gasteiger charge is -2.26. The maximum absolute atomic E-state index is 12.7. The van der Waals surface area contributed by atoms with Crippen molar-refractivity contribution < 1.29 is 24.0 Å². The predicted octanol–water partition coefficient (Wildman–Crippen LogP) is 0.605. The molecule has 2 N–H and O–H groups in total. The molecule has 1 aromatic heterocycles. The van der Waals surface area contributed by atoms with Gasteiger partial charge in [-0.05, 0) is 26.2 Å². The number of fused-ring (bicyclic) bond motifs is 1. The van der Waals surface area contributed by atoms with Crippen LogP contribution in [0.3, 0.4) is 0 Å². The van der Waals surface area contributed by atoms with E-state index < -0.39 is 17.9 Å². The zero-order chi connectivity index (χ0) is 17.0. The molecule has 2 amide bonds. The molecule has 0 aliphatic heterocycles. The normalized spacial score (nSPS) is 14.7. The lowest BCUT2D eigenvalue weighted by molar-refractivity contribution is -0.141. The van der Waals surface area contributed by atoms with Crippen LogP contribution >= 0.6 is 0 Å². The number of carbonyl (C=O) groups is 3. The van der Waals surface area contributed by atoms with Gasteiger partial charge in [-0.3, -0.25) is 9.59 Å². The molecule has 0 saturated carbocycles. The zero-order valence-corrected chi connectivity index (χ0v) is 13.3. The molecule has 1 atom stereocenters. The SMILES string of the molecule is CC(=O)NCCN(C(=O)c1noc2c1CCCC2)C(C)C(=O)O. The number of hydrogen-bond donors (Lipinski definition) is 2. The minimum Gasteiger partial charge on any atom is -0.480 e. The van der Waals surface area contributed by atoms with Gasteiger partial charge in [0.25, 0.3) is 5.91 Å². The number of aromatic nitrogens is 1. The van der Waals surface area contributed by atoms with Crippen LogP contribution in [-0.4, -0.2) is 52.1 Å². The minimum atomic E-state index is -1.11. The van der Waals surface area contributed by atoms with Gasteiger partial charge in [0.15, 0.2) is 5.69 Å². The molecule has 0 fully saturated rings. The number of carboxylic acids is 1. The van der Waals surface area contributed by atoms with E-state index in [1.807, 2.05) is 0 Å². The number of nitrogens with zero attached hydrogens (tertiary/aromatic N) is 2. The highest BCUT2D eigenvalue weighted by molar-refractivity contribution is 5.96. The van der Waals surface area contributed by atoms with Crippen molar-refractivity contribution in [3.63, 3.8) is 0 Å². The number of aryl methyl sites for hydroxylation is 1. The molecule has 0 spiro atoms. The van der Waals surface area contributed by atoms with Crippen molar-refractivity contribution in [2.24, 2.45) is 0 Å². The van der Waals surface area contributed by atoms with Gasteiger partial charge in [0.2, 0.25) is 5.91 Å². The van der Waals surface area contributed by atoms with Crippen molar-refractivity contribution in [2.75, 3.05) is 13.1 Å². The summed E-state index contributed by atoms with van der Waals surface area (Å²) in [6.45, 7) is 3.06. The highest BCUT2D eigenvalue weighted by Gasteiger charge is 2.32. The quantitative estimate of drug-likeness (QED) is 0.793. The molecule has 0 aromatic carbocycles. The summed E-state index contributed by atoms with van der Waals surface area (Å²) in [5.74, 6) is -1.11. The van der Waals surface area contributed by atoms with E-state index in [1.54, 1.807) is 0 Å². The van der Waals surface area contributed by atoms with Crippen molar-refractivity contribution in [3.05, 3.63) is 17.0 Å². The van der Waals surface area contributed by atoms with Crippen LogP contribution in [0.25, 0.3) is 0 Å². The van der Waals surface area contributed by atoms with Crippen LogP contribution in [0.5, 0.6) is 0 Å². The number of rotatable bonds is 6. The minimum absolute atomic E-state index is 0.0908. The van der Waals surface area contributed by atoms with Gasteiger partial charge >= 0.3 is 5.97 Å². The Morgan fingerprint density at radius 2 is 2.04 bits per heavy atom. The van der Waals surface area contributed by atoms with E-state index in [-0.39, 0.29) is 24.7 Å². The highest BCUT2D eigenvalue weighted by Crippen LogP contribution is 2.25. The topological polar surface area (TPSA) is 113 Å². The van der Waals surface area contributed by atoms with Crippen molar-refractivity contribution in [3.8, 4) is 0 Å². The fourth-order valence-corrected chi connectivity index (χ4v) is 2.65. The fraction of sp³-hybridized carbons (Fsp3) is 0.600. The van der Waals surface area contributed by atoms with Crippen LogP contribution in [0.15, 0.2) is 4.52 Å². The largest absolute Gasteiger partial charge is 0.480 e. The molecule has 1 unspecified atom stereocenters. The van der Waals surface area contributed by atoms with Gasteiger partial charge in [-0.1, -0.05) is 5.16 Å². The Morgan fingerprint density at radius 1 is 1.35 bits per heavy atom. The Labute approximate surface area is 133 Å². The van der Waals surface area contributed by atoms with Crippen LogP contribution in [0.2, 0.25) is 0 Å². The lowest BCUT2D eigenvalue weighted by atomic mass is 9.96. The molecular formula is C15H21N3O5. The summed E-state index contributed by atoms with van der Waals surface area (Å²) in [6.07, 6.45) is 3.40. The van der Waals surface area contributed by atoms with Gasteiger partial charge in [-0.2, -0.15) is 0 Å². The van der Waals surface area contributed by atoms with Gasteiger partial charge in [0.1, 0.15) is 11.8 Å². The van der Waals surface area contributed by atoms with Crippen LogP contribution in [0, 0.1) is 0 Å². The molecule has 0 radical (unpaired) electrons. The lowest BCUT2D eigenvalue weighted by Crippen LogP contribution is -2.47. The number of aliphatic carboxylic acids is 1. The first-order valence-electron chi connectivity index (χ1n) is 7.67. The summed E-state index contributed by atoms with van der Waals surface area (Å²) in [6, 6.07) is -1.02. The second-order valence-electron chi connectivity index (χ2n) is 5.64. The van der Waals surface area contributed by atoms with Crippen molar-refractivity contribution in [1.82, 2.24) is 15.4 Å². The Balaban J connectivity index is 2.20. The van der Waals surface area contributed by atoms with Crippen molar-refractivity contribution >= 4 is 17.8 Å². The Bertz CT molecular complexity index is 610. The summed E-state index contributed by atoms with van der Waals surface area (Å²) < 4.78 is 5.23.